The van der Waals surface area contributed by atoms with Gasteiger partial charge in [-0.2, -0.15) is 0 Å². The van der Waals surface area contributed by atoms with Crippen LogP contribution in [0.25, 0.3) is 10.2 Å². The molecular formula is C25H29F2N5OS. The molecule has 1 saturated heterocycles. The van der Waals surface area contributed by atoms with Crippen molar-refractivity contribution in [2.75, 3.05) is 36.4 Å². The van der Waals surface area contributed by atoms with E-state index in [0.29, 0.717) is 32.1 Å². The van der Waals surface area contributed by atoms with Crippen LogP contribution in [0.1, 0.15) is 43.0 Å². The molecule has 1 fully saturated rings. The normalized spacial score (nSPS) is 18.3. The van der Waals surface area contributed by atoms with Gasteiger partial charge < -0.3 is 15.1 Å². The highest BCUT2D eigenvalue weighted by Crippen LogP contribution is 2.41. The highest BCUT2D eigenvalue weighted by atomic mass is 32.1. The second kappa shape index (κ2) is 9.44. The Balaban J connectivity index is 1.36. The molecule has 3 aromatic rings. The third-order valence-corrected chi connectivity index (χ3v) is 7.84. The molecule has 1 atom stereocenters. The lowest BCUT2D eigenvalue weighted by Gasteiger charge is -2.36. The molecular weight excluding hydrogens is 456 g/mol. The van der Waals surface area contributed by atoms with Crippen molar-refractivity contribution in [3.63, 3.8) is 0 Å². The van der Waals surface area contributed by atoms with Gasteiger partial charge in [0.1, 0.15) is 28.1 Å². The number of urea groups is 1. The zero-order valence-corrected chi connectivity index (χ0v) is 20.4. The van der Waals surface area contributed by atoms with Gasteiger partial charge in [0.2, 0.25) is 0 Å². The molecule has 0 saturated carbocycles. The summed E-state index contributed by atoms with van der Waals surface area (Å²) in [4.78, 5) is 29.0. The number of benzene rings is 1. The van der Waals surface area contributed by atoms with Gasteiger partial charge in [-0.3, -0.25) is 0 Å². The maximum absolute atomic E-state index is 13.9. The number of anilines is 2. The summed E-state index contributed by atoms with van der Waals surface area (Å²) in [7, 11) is 0. The Morgan fingerprint density at radius 2 is 2.00 bits per heavy atom. The molecule has 1 aliphatic heterocycles. The van der Waals surface area contributed by atoms with Crippen molar-refractivity contribution >= 4 is 39.1 Å². The molecule has 3 heterocycles. The van der Waals surface area contributed by atoms with E-state index in [1.54, 1.807) is 4.90 Å². The highest BCUT2D eigenvalue weighted by molar-refractivity contribution is 7.19. The monoisotopic (exact) mass is 485 g/mol. The number of nitrogens with one attached hydrogen (secondary N) is 1. The predicted octanol–water partition coefficient (Wildman–Crippen LogP) is 5.40. The standard InChI is InChI=1S/C25H29F2N5OS/c1-3-4-21-29-23(22-17-7-5-15(2)13-20(17)34-24(22)30-21)31-9-11-32(12-10-31)25(33)28-19-8-6-16(26)14-18(19)27/h6,8,14-15H,3-5,7,9-13H2,1-2H3,(H,28,33)/t15-/m1/s1. The third-order valence-electron chi connectivity index (χ3n) is 6.70. The Morgan fingerprint density at radius 3 is 2.74 bits per heavy atom. The zero-order valence-electron chi connectivity index (χ0n) is 19.5. The molecule has 0 bridgehead atoms. The molecule has 1 N–H and O–H groups in total. The van der Waals surface area contributed by atoms with Crippen molar-refractivity contribution in [3.8, 4) is 0 Å². The van der Waals surface area contributed by atoms with Gasteiger partial charge in [-0.25, -0.2) is 23.5 Å². The molecule has 180 valence electrons. The predicted molar refractivity (Wildman–Crippen MR) is 132 cm³/mol. The fraction of sp³-hybridized carbons (Fsp3) is 0.480. The number of carbonyl (C=O) groups excluding carboxylic acids is 1. The van der Waals surface area contributed by atoms with Crippen LogP contribution in [0.2, 0.25) is 0 Å². The van der Waals surface area contributed by atoms with Gasteiger partial charge in [0.25, 0.3) is 0 Å². The van der Waals surface area contributed by atoms with Crippen molar-refractivity contribution in [1.82, 2.24) is 14.9 Å². The fourth-order valence-electron chi connectivity index (χ4n) is 4.84. The fourth-order valence-corrected chi connectivity index (χ4v) is 6.23. The molecule has 1 aliphatic carbocycles. The van der Waals surface area contributed by atoms with Gasteiger partial charge >= 0.3 is 6.03 Å². The molecule has 2 amide bonds. The van der Waals surface area contributed by atoms with Gasteiger partial charge in [0, 0.05) is 43.5 Å². The van der Waals surface area contributed by atoms with Crippen molar-refractivity contribution in [3.05, 3.63) is 46.1 Å². The molecule has 0 radical (unpaired) electrons. The summed E-state index contributed by atoms with van der Waals surface area (Å²) in [5, 5.41) is 3.75. The van der Waals surface area contributed by atoms with Crippen LogP contribution >= 0.6 is 11.3 Å². The molecule has 6 nitrogen and oxygen atoms in total. The Bertz CT molecular complexity index is 1220. The average molecular weight is 486 g/mol. The summed E-state index contributed by atoms with van der Waals surface area (Å²) < 4.78 is 27.1. The SMILES string of the molecule is CCCc1nc(N2CCN(C(=O)Nc3ccc(F)cc3F)CC2)c2c3c(sc2n1)C[C@H](C)CC3. The summed E-state index contributed by atoms with van der Waals surface area (Å²) in [5.41, 5.74) is 1.39. The molecule has 1 aromatic carbocycles. The molecule has 34 heavy (non-hydrogen) atoms. The minimum atomic E-state index is -0.782. The van der Waals surface area contributed by atoms with E-state index in [2.05, 4.69) is 24.1 Å². The quantitative estimate of drug-likeness (QED) is 0.538. The van der Waals surface area contributed by atoms with Gasteiger partial charge in [-0.05, 0) is 49.3 Å². The number of piperazine rings is 1. The van der Waals surface area contributed by atoms with Crippen LogP contribution in [-0.4, -0.2) is 47.1 Å². The lowest BCUT2D eigenvalue weighted by Crippen LogP contribution is -2.50. The van der Waals surface area contributed by atoms with Crippen LogP contribution in [0, 0.1) is 17.6 Å². The van der Waals surface area contributed by atoms with Crippen LogP contribution in [0.4, 0.5) is 25.1 Å². The second-order valence-corrected chi connectivity index (χ2v) is 10.4. The number of halogens is 2. The number of fused-ring (bicyclic) bond motifs is 3. The van der Waals surface area contributed by atoms with Crippen LogP contribution in [-0.2, 0) is 19.3 Å². The number of nitrogens with zero attached hydrogens (tertiary/aromatic N) is 4. The van der Waals surface area contributed by atoms with Gasteiger partial charge in [-0.15, -0.1) is 11.3 Å². The van der Waals surface area contributed by atoms with Crippen molar-refractivity contribution in [1.29, 1.82) is 0 Å². The van der Waals surface area contributed by atoms with Gasteiger partial charge in [0.05, 0.1) is 11.1 Å². The van der Waals surface area contributed by atoms with Crippen LogP contribution in [0.5, 0.6) is 0 Å². The summed E-state index contributed by atoms with van der Waals surface area (Å²) in [6.07, 6.45) is 5.18. The second-order valence-electron chi connectivity index (χ2n) is 9.27. The lowest BCUT2D eigenvalue weighted by molar-refractivity contribution is 0.208. The summed E-state index contributed by atoms with van der Waals surface area (Å²) in [6, 6.07) is 2.76. The van der Waals surface area contributed by atoms with E-state index in [1.165, 1.54) is 28.3 Å². The topological polar surface area (TPSA) is 61.4 Å². The van der Waals surface area contributed by atoms with Crippen molar-refractivity contribution < 1.29 is 13.6 Å². The molecule has 5 rings (SSSR count). The van der Waals surface area contributed by atoms with E-state index >= 15 is 0 Å². The maximum Gasteiger partial charge on any atom is 0.322 e. The van der Waals surface area contributed by atoms with Crippen molar-refractivity contribution in [2.24, 2.45) is 5.92 Å². The number of hydrogen-bond acceptors (Lipinski definition) is 5. The summed E-state index contributed by atoms with van der Waals surface area (Å²) >= 11 is 1.82. The first-order chi connectivity index (χ1) is 16.4. The first kappa shape index (κ1) is 23.0. The first-order valence-electron chi connectivity index (χ1n) is 12.0. The maximum atomic E-state index is 13.9. The first-order valence-corrected chi connectivity index (χ1v) is 12.8. The van der Waals surface area contributed by atoms with E-state index in [9.17, 15) is 13.6 Å². The van der Waals surface area contributed by atoms with Crippen LogP contribution < -0.4 is 10.2 Å². The van der Waals surface area contributed by atoms with E-state index in [-0.39, 0.29) is 11.7 Å². The van der Waals surface area contributed by atoms with Crippen LogP contribution in [0.3, 0.4) is 0 Å². The Kier molecular flexibility index (Phi) is 6.38. The lowest BCUT2D eigenvalue weighted by atomic mass is 9.89. The number of thiophene rings is 1. The number of aromatic nitrogens is 2. The van der Waals surface area contributed by atoms with Crippen LogP contribution in [0.15, 0.2) is 18.2 Å². The molecule has 0 spiro atoms. The minimum absolute atomic E-state index is 0.0188. The highest BCUT2D eigenvalue weighted by Gasteiger charge is 2.28. The Morgan fingerprint density at radius 1 is 1.21 bits per heavy atom. The van der Waals surface area contributed by atoms with Gasteiger partial charge in [-0.1, -0.05) is 13.8 Å². The zero-order chi connectivity index (χ0) is 23.8. The Labute approximate surface area is 202 Å². The van der Waals surface area contributed by atoms with Gasteiger partial charge in [0.15, 0.2) is 0 Å². The minimum Gasteiger partial charge on any atom is -0.352 e. The number of rotatable bonds is 4. The number of hydrogen-bond donors (Lipinski definition) is 1. The van der Waals surface area contributed by atoms with Crippen molar-refractivity contribution in [2.45, 2.75) is 46.0 Å². The molecule has 9 heteroatoms. The summed E-state index contributed by atoms with van der Waals surface area (Å²) in [6.45, 7) is 6.70. The number of amides is 2. The number of aryl methyl sites for hydroxylation is 2. The summed E-state index contributed by atoms with van der Waals surface area (Å²) in [5.74, 6) is 1.11. The largest absolute Gasteiger partial charge is 0.352 e. The average Bonchev–Trinajstić information content (AvgIpc) is 3.18. The van der Waals surface area contributed by atoms with E-state index in [1.807, 2.05) is 11.3 Å². The third kappa shape index (κ3) is 4.45. The Hall–Kier alpha value is -2.81. The smallest absolute Gasteiger partial charge is 0.322 e. The van der Waals surface area contributed by atoms with E-state index in [0.717, 1.165) is 54.3 Å². The van der Waals surface area contributed by atoms with E-state index < -0.39 is 11.6 Å². The molecule has 0 unspecified atom stereocenters. The molecule has 2 aromatic heterocycles. The number of carbonyl (C=O) groups is 1. The molecule has 2 aliphatic rings. The van der Waals surface area contributed by atoms with E-state index in [4.69, 9.17) is 9.97 Å².